The normalized spacial score (nSPS) is 21.3. The van der Waals surface area contributed by atoms with Gasteiger partial charge in [-0.1, -0.05) is 25.5 Å². The standard InChI is InChI=1S/C18H21NO2/c1-9-7-12(4)16-13(8-9)15(18(20)21)14-10(2)5-6-11(3)17(14)19-16/h7-8,10-11H,5-6H2,1-4H3,(H,20,21). The lowest BCUT2D eigenvalue weighted by atomic mass is 9.78. The summed E-state index contributed by atoms with van der Waals surface area (Å²) in [4.78, 5) is 16.8. The van der Waals surface area contributed by atoms with Crippen molar-refractivity contribution < 1.29 is 9.90 Å². The fraction of sp³-hybridized carbons (Fsp3) is 0.444. The Balaban J connectivity index is 2.50. The van der Waals surface area contributed by atoms with Gasteiger partial charge in [0.15, 0.2) is 0 Å². The summed E-state index contributed by atoms with van der Waals surface area (Å²) in [7, 11) is 0. The van der Waals surface area contributed by atoms with Crippen LogP contribution >= 0.6 is 0 Å². The van der Waals surface area contributed by atoms with Crippen LogP contribution < -0.4 is 0 Å². The summed E-state index contributed by atoms with van der Waals surface area (Å²) in [6.45, 7) is 8.28. The molecule has 1 heterocycles. The van der Waals surface area contributed by atoms with Crippen molar-refractivity contribution in [3.63, 3.8) is 0 Å². The Morgan fingerprint density at radius 1 is 1.19 bits per heavy atom. The largest absolute Gasteiger partial charge is 0.478 e. The highest BCUT2D eigenvalue weighted by atomic mass is 16.4. The third-order valence-electron chi connectivity index (χ3n) is 4.70. The molecule has 21 heavy (non-hydrogen) atoms. The number of carboxylic acids is 1. The molecule has 0 aliphatic heterocycles. The van der Waals surface area contributed by atoms with Gasteiger partial charge in [-0.25, -0.2) is 4.79 Å². The van der Waals surface area contributed by atoms with Gasteiger partial charge in [-0.05, 0) is 55.7 Å². The fourth-order valence-electron chi connectivity index (χ4n) is 3.64. The van der Waals surface area contributed by atoms with Crippen LogP contribution in [-0.4, -0.2) is 16.1 Å². The van der Waals surface area contributed by atoms with Crippen molar-refractivity contribution in [1.29, 1.82) is 0 Å². The van der Waals surface area contributed by atoms with Crippen molar-refractivity contribution in [2.45, 2.75) is 52.4 Å². The van der Waals surface area contributed by atoms with Gasteiger partial charge >= 0.3 is 5.97 Å². The molecule has 0 spiro atoms. The smallest absolute Gasteiger partial charge is 0.336 e. The monoisotopic (exact) mass is 283 g/mol. The minimum Gasteiger partial charge on any atom is -0.478 e. The van der Waals surface area contributed by atoms with Crippen molar-refractivity contribution in [2.75, 3.05) is 0 Å². The second kappa shape index (κ2) is 4.83. The van der Waals surface area contributed by atoms with Crippen molar-refractivity contribution in [1.82, 2.24) is 4.98 Å². The van der Waals surface area contributed by atoms with Crippen molar-refractivity contribution >= 4 is 16.9 Å². The summed E-state index contributed by atoms with van der Waals surface area (Å²) in [5.74, 6) is -0.232. The van der Waals surface area contributed by atoms with Crippen LogP contribution in [0.25, 0.3) is 10.9 Å². The van der Waals surface area contributed by atoms with Crippen LogP contribution in [-0.2, 0) is 0 Å². The summed E-state index contributed by atoms with van der Waals surface area (Å²) in [5.41, 5.74) is 5.41. The van der Waals surface area contributed by atoms with Gasteiger partial charge in [-0.15, -0.1) is 0 Å². The first-order valence-corrected chi connectivity index (χ1v) is 7.58. The maximum Gasteiger partial charge on any atom is 0.336 e. The van der Waals surface area contributed by atoms with E-state index in [1.807, 2.05) is 19.9 Å². The van der Waals surface area contributed by atoms with Gasteiger partial charge in [-0.3, -0.25) is 4.98 Å². The van der Waals surface area contributed by atoms with E-state index in [4.69, 9.17) is 4.98 Å². The highest BCUT2D eigenvalue weighted by Gasteiger charge is 2.30. The van der Waals surface area contributed by atoms with Crippen molar-refractivity contribution in [2.24, 2.45) is 0 Å². The molecular formula is C18H21NO2. The van der Waals surface area contributed by atoms with Crippen LogP contribution in [0.5, 0.6) is 0 Å². The number of benzene rings is 1. The molecule has 2 unspecified atom stereocenters. The van der Waals surface area contributed by atoms with E-state index in [0.717, 1.165) is 46.1 Å². The third-order valence-corrected chi connectivity index (χ3v) is 4.70. The second-order valence-corrected chi connectivity index (χ2v) is 6.45. The molecule has 1 aromatic heterocycles. The molecule has 1 aliphatic rings. The number of pyridine rings is 1. The summed E-state index contributed by atoms with van der Waals surface area (Å²) < 4.78 is 0. The number of carbonyl (C=O) groups is 1. The number of fused-ring (bicyclic) bond motifs is 2. The van der Waals surface area contributed by atoms with Crippen LogP contribution in [0.2, 0.25) is 0 Å². The molecule has 0 bridgehead atoms. The molecule has 3 rings (SSSR count). The first kappa shape index (κ1) is 14.1. The molecule has 1 aromatic carbocycles. The van der Waals surface area contributed by atoms with Crippen LogP contribution in [0.15, 0.2) is 12.1 Å². The van der Waals surface area contributed by atoms with E-state index in [1.54, 1.807) is 0 Å². The van der Waals surface area contributed by atoms with Gasteiger partial charge in [0, 0.05) is 11.1 Å². The topological polar surface area (TPSA) is 50.2 Å². The maximum absolute atomic E-state index is 11.9. The average molecular weight is 283 g/mol. The molecule has 110 valence electrons. The van der Waals surface area contributed by atoms with E-state index in [-0.39, 0.29) is 5.92 Å². The van der Waals surface area contributed by atoms with Gasteiger partial charge in [0.1, 0.15) is 0 Å². The van der Waals surface area contributed by atoms with Crippen LogP contribution in [0.1, 0.15) is 71.3 Å². The van der Waals surface area contributed by atoms with Gasteiger partial charge in [0.25, 0.3) is 0 Å². The molecular weight excluding hydrogens is 262 g/mol. The average Bonchev–Trinajstić information content (AvgIpc) is 2.41. The summed E-state index contributed by atoms with van der Waals surface area (Å²) in [6.07, 6.45) is 2.11. The minimum atomic E-state index is -0.829. The highest BCUT2D eigenvalue weighted by Crippen LogP contribution is 2.42. The zero-order valence-electron chi connectivity index (χ0n) is 13.0. The lowest BCUT2D eigenvalue weighted by molar-refractivity contribution is 0.0696. The molecule has 0 amide bonds. The van der Waals surface area contributed by atoms with Gasteiger partial charge in [-0.2, -0.15) is 0 Å². The lowest BCUT2D eigenvalue weighted by Gasteiger charge is -2.29. The predicted octanol–water partition coefficient (Wildman–Crippen LogP) is 4.55. The molecule has 0 saturated carbocycles. The van der Waals surface area contributed by atoms with Crippen LogP contribution in [0, 0.1) is 13.8 Å². The highest BCUT2D eigenvalue weighted by molar-refractivity contribution is 6.05. The van der Waals surface area contributed by atoms with E-state index >= 15 is 0 Å². The van der Waals surface area contributed by atoms with E-state index in [1.165, 1.54) is 0 Å². The molecule has 0 fully saturated rings. The van der Waals surface area contributed by atoms with Crippen molar-refractivity contribution in [3.8, 4) is 0 Å². The maximum atomic E-state index is 11.9. The Morgan fingerprint density at radius 2 is 1.86 bits per heavy atom. The minimum absolute atomic E-state index is 0.264. The SMILES string of the molecule is Cc1cc(C)c2nc3c(c(C(=O)O)c2c1)C(C)CCC3C. The molecule has 1 aliphatic carbocycles. The number of carboxylic acid groups (broad SMARTS) is 1. The second-order valence-electron chi connectivity index (χ2n) is 6.45. The Morgan fingerprint density at radius 3 is 2.52 bits per heavy atom. The Hall–Kier alpha value is -1.90. The molecule has 0 radical (unpaired) electrons. The Labute approximate surface area is 125 Å². The summed E-state index contributed by atoms with van der Waals surface area (Å²) in [6, 6.07) is 4.04. The van der Waals surface area contributed by atoms with Crippen LogP contribution in [0.4, 0.5) is 0 Å². The Bertz CT molecular complexity index is 749. The molecule has 2 aromatic rings. The number of aromatic nitrogens is 1. The van der Waals surface area contributed by atoms with E-state index in [0.29, 0.717) is 11.5 Å². The molecule has 0 saturated heterocycles. The zero-order valence-corrected chi connectivity index (χ0v) is 13.0. The van der Waals surface area contributed by atoms with E-state index in [2.05, 4.69) is 19.9 Å². The first-order valence-electron chi connectivity index (χ1n) is 7.58. The Kier molecular flexibility index (Phi) is 3.23. The van der Waals surface area contributed by atoms with E-state index in [9.17, 15) is 9.90 Å². The zero-order chi connectivity index (χ0) is 15.3. The number of rotatable bonds is 1. The summed E-state index contributed by atoms with van der Waals surface area (Å²) in [5, 5.41) is 10.6. The lowest BCUT2D eigenvalue weighted by Crippen LogP contribution is -2.18. The molecule has 3 heteroatoms. The first-order chi connectivity index (χ1) is 9.90. The predicted molar refractivity (Wildman–Crippen MR) is 84.2 cm³/mol. The number of aromatic carboxylic acids is 1. The molecule has 3 nitrogen and oxygen atoms in total. The number of aryl methyl sites for hydroxylation is 2. The van der Waals surface area contributed by atoms with Crippen LogP contribution in [0.3, 0.4) is 0 Å². The van der Waals surface area contributed by atoms with Gasteiger partial charge in [0.2, 0.25) is 0 Å². The fourth-order valence-corrected chi connectivity index (χ4v) is 3.64. The number of hydrogen-bond donors (Lipinski definition) is 1. The quantitative estimate of drug-likeness (QED) is 0.835. The number of hydrogen-bond acceptors (Lipinski definition) is 2. The molecule has 2 atom stereocenters. The number of nitrogens with zero attached hydrogens (tertiary/aromatic N) is 1. The summed E-state index contributed by atoms with van der Waals surface area (Å²) >= 11 is 0. The van der Waals surface area contributed by atoms with Crippen molar-refractivity contribution in [3.05, 3.63) is 40.1 Å². The van der Waals surface area contributed by atoms with Gasteiger partial charge < -0.3 is 5.11 Å². The van der Waals surface area contributed by atoms with Gasteiger partial charge in [0.05, 0.1) is 11.1 Å². The third kappa shape index (κ3) is 2.11. The van der Waals surface area contributed by atoms with E-state index < -0.39 is 5.97 Å². The molecule has 1 N–H and O–H groups in total.